The Morgan fingerprint density at radius 3 is 2.79 bits per heavy atom. The lowest BCUT2D eigenvalue weighted by atomic mass is 10.0. The average Bonchev–Trinajstić information content (AvgIpc) is 2.37. The molecule has 0 aliphatic carbocycles. The number of aromatic nitrogens is 1. The number of hydrogen-bond acceptors (Lipinski definition) is 4. The topological polar surface area (TPSA) is 63.0 Å². The molecule has 19 heavy (non-hydrogen) atoms. The van der Waals surface area contributed by atoms with E-state index in [0.717, 1.165) is 6.20 Å². The summed E-state index contributed by atoms with van der Waals surface area (Å²) in [7, 11) is 0. The van der Waals surface area contributed by atoms with E-state index in [1.165, 1.54) is 0 Å². The van der Waals surface area contributed by atoms with Gasteiger partial charge in [-0.3, -0.25) is 9.78 Å². The lowest BCUT2D eigenvalue weighted by Gasteiger charge is -2.11. The predicted molar refractivity (Wildman–Crippen MR) is 63.8 cm³/mol. The number of nitriles is 1. The molecule has 0 fully saturated rings. The van der Waals surface area contributed by atoms with Crippen molar-refractivity contribution in [1.29, 1.82) is 5.26 Å². The van der Waals surface area contributed by atoms with Gasteiger partial charge in [0.15, 0.2) is 0 Å². The van der Waals surface area contributed by atoms with E-state index in [0.29, 0.717) is 5.56 Å². The molecule has 4 nitrogen and oxygen atoms in total. The molecule has 0 aliphatic rings. The molecular weight excluding hydrogens is 278 g/mol. The van der Waals surface area contributed by atoms with Gasteiger partial charge in [0.25, 0.3) is 6.43 Å². The average molecular weight is 289 g/mol. The van der Waals surface area contributed by atoms with Gasteiger partial charge in [0, 0.05) is 12.1 Å². The van der Waals surface area contributed by atoms with Gasteiger partial charge in [-0.25, -0.2) is 8.78 Å². The number of ether oxygens (including phenoxy) is 1. The molecule has 0 spiro atoms. The van der Waals surface area contributed by atoms with Crippen LogP contribution in [0.4, 0.5) is 8.78 Å². The van der Waals surface area contributed by atoms with Crippen LogP contribution in [-0.2, 0) is 21.8 Å². The summed E-state index contributed by atoms with van der Waals surface area (Å²) in [6.07, 6.45) is -1.88. The predicted octanol–water partition coefficient (Wildman–Crippen LogP) is 2.74. The Hall–Kier alpha value is -1.74. The van der Waals surface area contributed by atoms with Crippen LogP contribution in [0.2, 0.25) is 0 Å². The van der Waals surface area contributed by atoms with E-state index in [9.17, 15) is 13.6 Å². The number of pyridine rings is 1. The number of carbonyl (C=O) groups excluding carboxylic acids is 1. The Morgan fingerprint density at radius 2 is 2.32 bits per heavy atom. The number of hydrogen-bond donors (Lipinski definition) is 0. The summed E-state index contributed by atoms with van der Waals surface area (Å²) in [4.78, 5) is 14.9. The first-order valence-corrected chi connectivity index (χ1v) is 5.99. The molecule has 0 radical (unpaired) electrons. The molecule has 1 rings (SSSR count). The number of alkyl halides is 3. The van der Waals surface area contributed by atoms with Crippen molar-refractivity contribution in [2.75, 3.05) is 6.61 Å². The lowest BCUT2D eigenvalue weighted by molar-refractivity contribution is -0.142. The van der Waals surface area contributed by atoms with Crippen LogP contribution in [-0.4, -0.2) is 17.6 Å². The Bertz CT molecular complexity index is 515. The molecule has 0 atom stereocenters. The molecule has 0 aromatic carbocycles. The smallest absolute Gasteiger partial charge is 0.310 e. The first-order valence-electron chi connectivity index (χ1n) is 5.45. The summed E-state index contributed by atoms with van der Waals surface area (Å²) in [5.41, 5.74) is -0.366. The van der Waals surface area contributed by atoms with E-state index in [1.54, 1.807) is 13.0 Å². The molecule has 1 heterocycles. The second-order valence-electron chi connectivity index (χ2n) is 3.55. The second kappa shape index (κ2) is 7.00. The normalized spacial score (nSPS) is 10.3. The standard InChI is InChI=1S/C12H11ClF2N2O2/c1-2-19-10(18)3-7-6-17-11(12(14)15)9(5-16)8(7)4-13/h6,12H,2-4H2,1H3. The quantitative estimate of drug-likeness (QED) is 0.617. The van der Waals surface area contributed by atoms with Gasteiger partial charge < -0.3 is 4.74 Å². The van der Waals surface area contributed by atoms with Gasteiger partial charge in [-0.1, -0.05) is 0 Å². The van der Waals surface area contributed by atoms with Crippen LogP contribution in [0.1, 0.15) is 35.7 Å². The molecular formula is C12H11ClF2N2O2. The van der Waals surface area contributed by atoms with E-state index in [1.807, 2.05) is 0 Å². The summed E-state index contributed by atoms with van der Waals surface area (Å²) < 4.78 is 30.2. The minimum Gasteiger partial charge on any atom is -0.466 e. The first-order chi connectivity index (χ1) is 9.04. The molecule has 0 amide bonds. The Kier molecular flexibility index (Phi) is 5.64. The zero-order chi connectivity index (χ0) is 14.4. The van der Waals surface area contributed by atoms with Gasteiger partial charge in [0.2, 0.25) is 0 Å². The largest absolute Gasteiger partial charge is 0.466 e. The highest BCUT2D eigenvalue weighted by molar-refractivity contribution is 6.17. The zero-order valence-corrected chi connectivity index (χ0v) is 10.9. The Balaban J connectivity index is 3.21. The van der Waals surface area contributed by atoms with Crippen molar-refractivity contribution < 1.29 is 18.3 Å². The van der Waals surface area contributed by atoms with Crippen LogP contribution in [0.5, 0.6) is 0 Å². The van der Waals surface area contributed by atoms with E-state index in [2.05, 4.69) is 4.98 Å². The third-order valence-corrected chi connectivity index (χ3v) is 2.66. The molecule has 1 aromatic heterocycles. The van der Waals surface area contributed by atoms with E-state index < -0.39 is 18.1 Å². The van der Waals surface area contributed by atoms with Gasteiger partial charge in [0.1, 0.15) is 11.8 Å². The molecule has 0 N–H and O–H groups in total. The monoisotopic (exact) mass is 288 g/mol. The fraction of sp³-hybridized carbons (Fsp3) is 0.417. The number of rotatable bonds is 5. The van der Waals surface area contributed by atoms with Gasteiger partial charge in [-0.2, -0.15) is 5.26 Å². The van der Waals surface area contributed by atoms with Crippen molar-refractivity contribution in [1.82, 2.24) is 4.98 Å². The molecule has 102 valence electrons. The van der Waals surface area contributed by atoms with Gasteiger partial charge >= 0.3 is 5.97 Å². The summed E-state index contributed by atoms with van der Waals surface area (Å²) >= 11 is 5.68. The van der Waals surface area contributed by atoms with E-state index in [4.69, 9.17) is 21.6 Å². The molecule has 7 heteroatoms. The van der Waals surface area contributed by atoms with Crippen molar-refractivity contribution in [3.8, 4) is 6.07 Å². The number of carbonyl (C=O) groups is 1. The number of esters is 1. The van der Waals surface area contributed by atoms with E-state index in [-0.39, 0.29) is 30.0 Å². The molecule has 0 saturated carbocycles. The van der Waals surface area contributed by atoms with Crippen LogP contribution in [0.25, 0.3) is 0 Å². The molecule has 0 saturated heterocycles. The number of nitrogens with zero attached hydrogens (tertiary/aromatic N) is 2. The fourth-order valence-corrected chi connectivity index (χ4v) is 1.87. The van der Waals surface area contributed by atoms with Crippen LogP contribution < -0.4 is 0 Å². The van der Waals surface area contributed by atoms with Gasteiger partial charge in [-0.05, 0) is 18.1 Å². The minimum absolute atomic E-state index is 0.152. The fourth-order valence-electron chi connectivity index (χ4n) is 1.57. The number of halogens is 3. The summed E-state index contributed by atoms with van der Waals surface area (Å²) in [6, 6.07) is 1.66. The molecule has 0 bridgehead atoms. The van der Waals surface area contributed by atoms with Crippen LogP contribution >= 0.6 is 11.6 Å². The Morgan fingerprint density at radius 1 is 1.63 bits per heavy atom. The molecule has 1 aromatic rings. The second-order valence-corrected chi connectivity index (χ2v) is 3.82. The summed E-state index contributed by atoms with van der Waals surface area (Å²) in [6.45, 7) is 1.86. The van der Waals surface area contributed by atoms with Crippen LogP contribution in [0, 0.1) is 11.3 Å². The molecule has 0 unspecified atom stereocenters. The molecule has 0 aliphatic heterocycles. The SMILES string of the molecule is CCOC(=O)Cc1cnc(C(F)F)c(C#N)c1CCl. The third kappa shape index (κ3) is 3.61. The van der Waals surface area contributed by atoms with Gasteiger partial charge in [0.05, 0.1) is 18.6 Å². The van der Waals surface area contributed by atoms with Crippen molar-refractivity contribution in [2.45, 2.75) is 25.7 Å². The van der Waals surface area contributed by atoms with Crippen molar-refractivity contribution >= 4 is 17.6 Å². The van der Waals surface area contributed by atoms with E-state index >= 15 is 0 Å². The maximum absolute atomic E-state index is 12.7. The Labute approximate surface area is 114 Å². The van der Waals surface area contributed by atoms with Crippen LogP contribution in [0.15, 0.2) is 6.20 Å². The van der Waals surface area contributed by atoms with Gasteiger partial charge in [-0.15, -0.1) is 11.6 Å². The highest BCUT2D eigenvalue weighted by atomic mass is 35.5. The van der Waals surface area contributed by atoms with Crippen molar-refractivity contribution in [3.63, 3.8) is 0 Å². The van der Waals surface area contributed by atoms with Crippen molar-refractivity contribution in [2.24, 2.45) is 0 Å². The van der Waals surface area contributed by atoms with Crippen molar-refractivity contribution in [3.05, 3.63) is 28.6 Å². The third-order valence-electron chi connectivity index (χ3n) is 2.40. The maximum Gasteiger partial charge on any atom is 0.310 e. The lowest BCUT2D eigenvalue weighted by Crippen LogP contribution is -2.12. The van der Waals surface area contributed by atoms with Crippen LogP contribution in [0.3, 0.4) is 0 Å². The zero-order valence-electron chi connectivity index (χ0n) is 10.1. The summed E-state index contributed by atoms with van der Waals surface area (Å²) in [5.74, 6) is -0.677. The first kappa shape index (κ1) is 15.3. The summed E-state index contributed by atoms with van der Waals surface area (Å²) in [5, 5.41) is 8.94. The highest BCUT2D eigenvalue weighted by Crippen LogP contribution is 2.26. The highest BCUT2D eigenvalue weighted by Gasteiger charge is 2.21. The maximum atomic E-state index is 12.7. The minimum atomic E-state index is -2.87.